The van der Waals surface area contributed by atoms with Crippen molar-refractivity contribution in [2.75, 3.05) is 5.32 Å². The number of allylic oxidation sites excluding steroid dienone is 4. The number of Topliss-reactive ketones (excluding diaryl/α,β-unsaturated/α-hetero) is 1. The van der Waals surface area contributed by atoms with E-state index < -0.39 is 5.41 Å². The third-order valence-electron chi connectivity index (χ3n) is 9.37. The Morgan fingerprint density at radius 3 is 2.16 bits per heavy atom. The van der Waals surface area contributed by atoms with Gasteiger partial charge >= 0.3 is 0 Å². The number of benzene rings is 7. The summed E-state index contributed by atoms with van der Waals surface area (Å²) >= 11 is 1.81. The number of para-hydroxylation sites is 2. The van der Waals surface area contributed by atoms with Crippen molar-refractivity contribution in [3.05, 3.63) is 168 Å². The van der Waals surface area contributed by atoms with E-state index in [2.05, 4.69) is 121 Å². The Balaban J connectivity index is 1.29. The summed E-state index contributed by atoms with van der Waals surface area (Å²) < 4.78 is 0. The van der Waals surface area contributed by atoms with Crippen LogP contribution in [-0.2, 0) is 5.41 Å². The molecule has 0 amide bonds. The molecular weight excluding hydrogens is 555 g/mol. The van der Waals surface area contributed by atoms with Crippen molar-refractivity contribution in [1.82, 2.24) is 0 Å². The van der Waals surface area contributed by atoms with E-state index in [4.69, 9.17) is 0 Å². The average molecular weight is 582 g/mol. The quantitative estimate of drug-likeness (QED) is 0.166. The Hall–Kier alpha value is -5.12. The highest BCUT2D eigenvalue weighted by atomic mass is 32.2. The Morgan fingerprint density at radius 1 is 0.636 bits per heavy atom. The molecule has 0 saturated heterocycles. The van der Waals surface area contributed by atoms with Crippen LogP contribution in [0.3, 0.4) is 0 Å². The largest absolute Gasteiger partial charge is 0.353 e. The molecule has 1 N–H and O–H groups in total. The number of anilines is 2. The van der Waals surface area contributed by atoms with Gasteiger partial charge in [0.1, 0.15) is 0 Å². The molecule has 44 heavy (non-hydrogen) atoms. The van der Waals surface area contributed by atoms with Crippen LogP contribution in [0.2, 0.25) is 0 Å². The number of ketones is 1. The molecule has 1 atom stereocenters. The number of nitrogens with one attached hydrogen (secondary N) is 1. The maximum Gasteiger partial charge on any atom is 0.192 e. The van der Waals surface area contributed by atoms with Gasteiger partial charge in [-0.05, 0) is 68.1 Å². The summed E-state index contributed by atoms with van der Waals surface area (Å²) in [7, 11) is 0. The smallest absolute Gasteiger partial charge is 0.192 e. The van der Waals surface area contributed by atoms with Crippen LogP contribution in [0.5, 0.6) is 0 Å². The third-order valence-corrected chi connectivity index (χ3v) is 10.5. The fourth-order valence-electron chi connectivity index (χ4n) is 7.26. The summed E-state index contributed by atoms with van der Waals surface area (Å²) in [6.07, 6.45) is 7.17. The first kappa shape index (κ1) is 25.4. The summed E-state index contributed by atoms with van der Waals surface area (Å²) in [6.45, 7) is 0. The number of fused-ring (bicyclic) bond motifs is 2. The lowest BCUT2D eigenvalue weighted by Crippen LogP contribution is -2.29. The monoisotopic (exact) mass is 581 g/mol. The van der Waals surface area contributed by atoms with Crippen molar-refractivity contribution >= 4 is 61.2 Å². The third kappa shape index (κ3) is 3.73. The molecule has 0 radical (unpaired) electrons. The topological polar surface area (TPSA) is 29.1 Å². The van der Waals surface area contributed by atoms with Gasteiger partial charge < -0.3 is 5.32 Å². The Labute approximate surface area is 260 Å². The molecule has 0 aromatic heterocycles. The molecule has 1 aliphatic carbocycles. The summed E-state index contributed by atoms with van der Waals surface area (Å²) in [5.74, 6) is 0.0588. The van der Waals surface area contributed by atoms with Gasteiger partial charge in [-0.15, -0.1) is 0 Å². The highest BCUT2D eigenvalue weighted by Crippen LogP contribution is 2.53. The summed E-state index contributed by atoms with van der Waals surface area (Å²) in [5, 5.41) is 11.4. The van der Waals surface area contributed by atoms with Crippen LogP contribution in [0.25, 0.3) is 32.3 Å². The fraction of sp³-hybridized carbons (Fsp3) is 0.0488. The molecule has 7 aromatic rings. The number of carbonyl (C=O) groups is 1. The maximum atomic E-state index is 13.6. The molecule has 208 valence electrons. The first-order chi connectivity index (χ1) is 21.7. The Morgan fingerprint density at radius 2 is 1.34 bits per heavy atom. The average Bonchev–Trinajstić information content (AvgIpc) is 3.09. The van der Waals surface area contributed by atoms with E-state index in [1.165, 1.54) is 53.2 Å². The normalized spacial score (nSPS) is 17.3. The predicted octanol–water partition coefficient (Wildman–Crippen LogP) is 10.8. The molecule has 9 rings (SSSR count). The molecule has 0 saturated carbocycles. The number of hydrogen-bond donors (Lipinski definition) is 1. The zero-order valence-electron chi connectivity index (χ0n) is 23.9. The van der Waals surface area contributed by atoms with E-state index in [0.717, 1.165) is 16.9 Å². The van der Waals surface area contributed by atoms with Gasteiger partial charge in [-0.25, -0.2) is 0 Å². The molecule has 0 spiro atoms. The lowest BCUT2D eigenvalue weighted by molar-refractivity contribution is 0.103. The minimum absolute atomic E-state index is 0.0588. The van der Waals surface area contributed by atoms with Gasteiger partial charge in [-0.3, -0.25) is 4.79 Å². The summed E-state index contributed by atoms with van der Waals surface area (Å²) in [6, 6.07) is 44.9. The molecule has 7 aromatic carbocycles. The van der Waals surface area contributed by atoms with Crippen molar-refractivity contribution in [2.24, 2.45) is 0 Å². The molecular formula is C41H27NOS. The zero-order chi connectivity index (χ0) is 29.3. The number of rotatable bonds is 4. The molecule has 2 aliphatic rings. The second-order valence-corrected chi connectivity index (χ2v) is 12.8. The van der Waals surface area contributed by atoms with E-state index >= 15 is 0 Å². The van der Waals surface area contributed by atoms with Crippen LogP contribution in [0.4, 0.5) is 11.4 Å². The first-order valence-electron chi connectivity index (χ1n) is 15.0. The SMILES string of the molecule is O=C(C1=CCC(c2cccc3c2Nc2ccccc2S3)(c2ccc3ccc4cccc5ccc2c3c45)C=C1)c1ccccc1. The van der Waals surface area contributed by atoms with E-state index in [0.29, 0.717) is 12.0 Å². The Kier molecular flexibility index (Phi) is 5.60. The molecule has 1 heterocycles. The van der Waals surface area contributed by atoms with Crippen LogP contribution in [0, 0.1) is 0 Å². The van der Waals surface area contributed by atoms with Crippen LogP contribution in [0.1, 0.15) is 27.9 Å². The molecule has 3 heteroatoms. The molecule has 0 fully saturated rings. The lowest BCUT2D eigenvalue weighted by Gasteiger charge is -2.38. The van der Waals surface area contributed by atoms with E-state index in [-0.39, 0.29) is 5.78 Å². The second kappa shape index (κ2) is 9.70. The van der Waals surface area contributed by atoms with Gasteiger partial charge in [-0.1, -0.05) is 139 Å². The first-order valence-corrected chi connectivity index (χ1v) is 15.8. The van der Waals surface area contributed by atoms with E-state index in [1.807, 2.05) is 42.1 Å². The molecule has 1 unspecified atom stereocenters. The van der Waals surface area contributed by atoms with Crippen LogP contribution in [0.15, 0.2) is 161 Å². The van der Waals surface area contributed by atoms with Crippen molar-refractivity contribution in [3.63, 3.8) is 0 Å². The number of carbonyl (C=O) groups excluding carboxylic acids is 1. The van der Waals surface area contributed by atoms with Crippen LogP contribution >= 0.6 is 11.8 Å². The van der Waals surface area contributed by atoms with Gasteiger partial charge in [0.05, 0.1) is 11.4 Å². The molecule has 0 bridgehead atoms. The van der Waals surface area contributed by atoms with Gasteiger partial charge in [0.25, 0.3) is 0 Å². The standard InChI is InChI=1S/C41H27NOS/c43-40(29-8-2-1-3-9-29)30-22-24-41(25-23-30,33-12-7-15-36-39(33)42-34-13-4-5-14-35(34)44-36)32-21-19-28-17-16-26-10-6-11-27-18-20-31(32)38(28)37(26)27/h1-24,42H,25H2. The molecule has 1 aliphatic heterocycles. The van der Waals surface area contributed by atoms with E-state index in [9.17, 15) is 4.79 Å². The van der Waals surface area contributed by atoms with Gasteiger partial charge in [0.2, 0.25) is 0 Å². The minimum Gasteiger partial charge on any atom is -0.353 e. The zero-order valence-corrected chi connectivity index (χ0v) is 24.7. The predicted molar refractivity (Wildman–Crippen MR) is 184 cm³/mol. The van der Waals surface area contributed by atoms with Crippen molar-refractivity contribution in [1.29, 1.82) is 0 Å². The fourth-order valence-corrected chi connectivity index (χ4v) is 8.28. The van der Waals surface area contributed by atoms with Crippen molar-refractivity contribution in [2.45, 2.75) is 21.6 Å². The van der Waals surface area contributed by atoms with Gasteiger partial charge in [0, 0.05) is 26.3 Å². The lowest BCUT2D eigenvalue weighted by atomic mass is 9.67. The van der Waals surface area contributed by atoms with Crippen molar-refractivity contribution < 1.29 is 4.79 Å². The van der Waals surface area contributed by atoms with E-state index in [1.54, 1.807) is 0 Å². The van der Waals surface area contributed by atoms with Gasteiger partial charge in [-0.2, -0.15) is 0 Å². The highest BCUT2D eigenvalue weighted by molar-refractivity contribution is 7.99. The summed E-state index contributed by atoms with van der Waals surface area (Å²) in [4.78, 5) is 16.0. The second-order valence-electron chi connectivity index (χ2n) is 11.7. The molecule has 2 nitrogen and oxygen atoms in total. The van der Waals surface area contributed by atoms with Crippen molar-refractivity contribution in [3.8, 4) is 0 Å². The maximum absolute atomic E-state index is 13.6. The summed E-state index contributed by atoms with van der Waals surface area (Å²) in [5.41, 5.74) is 5.68. The van der Waals surface area contributed by atoms with Crippen LogP contribution < -0.4 is 5.32 Å². The Bertz CT molecular complexity index is 2320. The van der Waals surface area contributed by atoms with Crippen LogP contribution in [-0.4, -0.2) is 5.78 Å². The number of hydrogen-bond acceptors (Lipinski definition) is 3. The van der Waals surface area contributed by atoms with Gasteiger partial charge in [0.15, 0.2) is 5.78 Å². The minimum atomic E-state index is -0.492. The highest BCUT2D eigenvalue weighted by Gasteiger charge is 2.38.